The van der Waals surface area contributed by atoms with Crippen molar-refractivity contribution in [1.82, 2.24) is 19.9 Å². The zero-order valence-electron chi connectivity index (χ0n) is 17.0. The quantitative estimate of drug-likeness (QED) is 0.514. The fourth-order valence-electron chi connectivity index (χ4n) is 3.98. The van der Waals surface area contributed by atoms with Gasteiger partial charge in [0.1, 0.15) is 11.3 Å². The van der Waals surface area contributed by atoms with E-state index >= 15 is 0 Å². The molecule has 30 heavy (non-hydrogen) atoms. The summed E-state index contributed by atoms with van der Waals surface area (Å²) in [6, 6.07) is 4.84. The van der Waals surface area contributed by atoms with Crippen molar-refractivity contribution in [2.75, 3.05) is 22.5 Å². The van der Waals surface area contributed by atoms with Gasteiger partial charge in [0.15, 0.2) is 11.5 Å². The molecule has 0 fully saturated rings. The van der Waals surface area contributed by atoms with Crippen LogP contribution < -0.4 is 16.0 Å². The fraction of sp³-hybridized carbons (Fsp3) is 0.429. The number of halogens is 1. The first kappa shape index (κ1) is 20.1. The SMILES string of the molecule is C[C@@H]1CCc2cc(F)ccc2N1C(=O)CCCCCNc1nc(N)nc2nc[nH]c12. The number of aromatic nitrogens is 4. The van der Waals surface area contributed by atoms with Crippen LogP contribution in [-0.2, 0) is 11.2 Å². The maximum absolute atomic E-state index is 13.5. The van der Waals surface area contributed by atoms with Gasteiger partial charge in [0.25, 0.3) is 0 Å². The Morgan fingerprint density at radius 3 is 3.07 bits per heavy atom. The highest BCUT2D eigenvalue weighted by Gasteiger charge is 2.27. The number of fused-ring (bicyclic) bond motifs is 2. The maximum atomic E-state index is 13.5. The molecule has 4 rings (SSSR count). The van der Waals surface area contributed by atoms with Gasteiger partial charge in [-0.05, 0) is 56.4 Å². The summed E-state index contributed by atoms with van der Waals surface area (Å²) >= 11 is 0. The van der Waals surface area contributed by atoms with Gasteiger partial charge < -0.3 is 20.9 Å². The van der Waals surface area contributed by atoms with Crippen LogP contribution in [-0.4, -0.2) is 38.4 Å². The van der Waals surface area contributed by atoms with Crippen molar-refractivity contribution >= 4 is 34.5 Å². The lowest BCUT2D eigenvalue weighted by Crippen LogP contribution is -2.42. The first-order valence-corrected chi connectivity index (χ1v) is 10.3. The summed E-state index contributed by atoms with van der Waals surface area (Å²) in [5, 5.41) is 3.26. The van der Waals surface area contributed by atoms with Gasteiger partial charge in [-0.3, -0.25) is 4.79 Å². The Morgan fingerprint density at radius 1 is 1.33 bits per heavy atom. The van der Waals surface area contributed by atoms with E-state index in [4.69, 9.17) is 5.73 Å². The zero-order valence-corrected chi connectivity index (χ0v) is 17.0. The number of nitrogens with zero attached hydrogens (tertiary/aromatic N) is 4. The van der Waals surface area contributed by atoms with Gasteiger partial charge >= 0.3 is 0 Å². The number of carbonyl (C=O) groups is 1. The lowest BCUT2D eigenvalue weighted by molar-refractivity contribution is -0.119. The minimum Gasteiger partial charge on any atom is -0.368 e. The topological polar surface area (TPSA) is 113 Å². The molecule has 0 saturated heterocycles. The van der Waals surface area contributed by atoms with Crippen LogP contribution in [0.25, 0.3) is 11.2 Å². The Bertz CT molecular complexity index is 1050. The van der Waals surface area contributed by atoms with Crippen LogP contribution in [0.15, 0.2) is 24.5 Å². The number of anilines is 3. The number of aryl methyl sites for hydroxylation is 1. The van der Waals surface area contributed by atoms with Crippen molar-refractivity contribution < 1.29 is 9.18 Å². The minimum atomic E-state index is -0.249. The van der Waals surface area contributed by atoms with E-state index in [9.17, 15) is 9.18 Å². The van der Waals surface area contributed by atoms with Gasteiger partial charge in [0.2, 0.25) is 11.9 Å². The molecule has 2 aromatic heterocycles. The largest absolute Gasteiger partial charge is 0.368 e. The average Bonchev–Trinajstić information content (AvgIpc) is 3.18. The molecule has 1 aliphatic rings. The molecule has 0 spiro atoms. The third-order valence-electron chi connectivity index (χ3n) is 5.50. The second-order valence-electron chi connectivity index (χ2n) is 7.69. The number of rotatable bonds is 7. The van der Waals surface area contributed by atoms with Crippen LogP contribution in [0.2, 0.25) is 0 Å². The second kappa shape index (κ2) is 8.64. The predicted molar refractivity (Wildman–Crippen MR) is 115 cm³/mol. The van der Waals surface area contributed by atoms with Crippen LogP contribution in [0.4, 0.5) is 21.8 Å². The molecule has 0 unspecified atom stereocenters. The Kier molecular flexibility index (Phi) is 5.78. The second-order valence-corrected chi connectivity index (χ2v) is 7.69. The highest BCUT2D eigenvalue weighted by Crippen LogP contribution is 2.32. The number of hydrogen-bond donors (Lipinski definition) is 3. The Balaban J connectivity index is 1.26. The van der Waals surface area contributed by atoms with E-state index in [-0.39, 0.29) is 23.7 Å². The summed E-state index contributed by atoms with van der Waals surface area (Å²) < 4.78 is 13.5. The first-order valence-electron chi connectivity index (χ1n) is 10.3. The number of H-pyrrole nitrogens is 1. The number of unbranched alkanes of at least 4 members (excludes halogenated alkanes) is 2. The lowest BCUT2D eigenvalue weighted by atomic mass is 9.96. The summed E-state index contributed by atoms with van der Waals surface area (Å²) in [7, 11) is 0. The van der Waals surface area contributed by atoms with Gasteiger partial charge in [-0.15, -0.1) is 0 Å². The van der Waals surface area contributed by atoms with Gasteiger partial charge in [0.05, 0.1) is 6.33 Å². The molecular formula is C21H26FN7O. The van der Waals surface area contributed by atoms with Gasteiger partial charge in [0, 0.05) is 24.7 Å². The van der Waals surface area contributed by atoms with Crippen molar-refractivity contribution in [3.63, 3.8) is 0 Å². The molecule has 0 aliphatic carbocycles. The van der Waals surface area contributed by atoms with Crippen LogP contribution in [0.3, 0.4) is 0 Å². The summed E-state index contributed by atoms with van der Waals surface area (Å²) in [4.78, 5) is 30.1. The Hall–Kier alpha value is -3.23. The number of imidazole rings is 1. The van der Waals surface area contributed by atoms with Gasteiger partial charge in [-0.2, -0.15) is 9.97 Å². The third kappa shape index (κ3) is 4.19. The predicted octanol–water partition coefficient (Wildman–Crippen LogP) is 3.41. The van der Waals surface area contributed by atoms with E-state index in [0.29, 0.717) is 24.4 Å². The van der Waals surface area contributed by atoms with Crippen LogP contribution in [0, 0.1) is 5.82 Å². The minimum absolute atomic E-state index is 0.103. The molecule has 0 saturated carbocycles. The molecule has 4 N–H and O–H groups in total. The monoisotopic (exact) mass is 411 g/mol. The van der Waals surface area contributed by atoms with Crippen LogP contribution >= 0.6 is 0 Å². The Morgan fingerprint density at radius 2 is 2.20 bits per heavy atom. The van der Waals surface area contributed by atoms with Crippen molar-refractivity contribution in [2.45, 2.75) is 51.5 Å². The number of amides is 1. The number of nitrogen functional groups attached to an aromatic ring is 1. The van der Waals surface area contributed by atoms with Crippen molar-refractivity contribution in [1.29, 1.82) is 0 Å². The smallest absolute Gasteiger partial charge is 0.227 e. The number of hydrogen-bond acceptors (Lipinski definition) is 6. The highest BCUT2D eigenvalue weighted by atomic mass is 19.1. The van der Waals surface area contributed by atoms with E-state index < -0.39 is 0 Å². The first-order chi connectivity index (χ1) is 14.5. The number of nitrogens with two attached hydrogens (primary N) is 1. The molecule has 1 amide bonds. The standard InChI is InChI=1S/C21H26FN7O/c1-13-6-7-14-11-15(22)8-9-16(14)29(13)17(30)5-3-2-4-10-24-19-18-20(26-12-25-18)28-21(23)27-19/h8-9,11-13H,2-7,10H2,1H3,(H4,23,24,25,26,27,28)/t13-/m1/s1. The van der Waals surface area contributed by atoms with E-state index in [0.717, 1.165) is 48.9 Å². The molecule has 1 aliphatic heterocycles. The molecule has 158 valence electrons. The van der Waals surface area contributed by atoms with Gasteiger partial charge in [-0.1, -0.05) is 6.42 Å². The summed E-state index contributed by atoms with van der Waals surface area (Å²) in [5.74, 6) is 0.669. The third-order valence-corrected chi connectivity index (χ3v) is 5.50. The summed E-state index contributed by atoms with van der Waals surface area (Å²) in [6.07, 6.45) is 6.30. The van der Waals surface area contributed by atoms with Crippen LogP contribution in [0.1, 0.15) is 44.6 Å². The van der Waals surface area contributed by atoms with Crippen molar-refractivity contribution in [2.24, 2.45) is 0 Å². The number of aromatic amines is 1. The van der Waals surface area contributed by atoms with Crippen LogP contribution in [0.5, 0.6) is 0 Å². The summed E-state index contributed by atoms with van der Waals surface area (Å²) in [6.45, 7) is 2.76. The average molecular weight is 411 g/mol. The molecule has 0 bridgehead atoms. The van der Waals surface area contributed by atoms with Crippen molar-refractivity contribution in [3.8, 4) is 0 Å². The van der Waals surface area contributed by atoms with Crippen molar-refractivity contribution in [3.05, 3.63) is 35.9 Å². The maximum Gasteiger partial charge on any atom is 0.227 e. The van der Waals surface area contributed by atoms with E-state index in [1.54, 1.807) is 18.5 Å². The van der Waals surface area contributed by atoms with Gasteiger partial charge in [-0.25, -0.2) is 9.37 Å². The highest BCUT2D eigenvalue weighted by molar-refractivity contribution is 5.95. The molecule has 1 atom stereocenters. The molecular weight excluding hydrogens is 385 g/mol. The van der Waals surface area contributed by atoms with E-state index in [2.05, 4.69) is 32.2 Å². The molecule has 1 aromatic carbocycles. The molecule has 8 nitrogen and oxygen atoms in total. The zero-order chi connectivity index (χ0) is 21.1. The number of nitrogens with one attached hydrogen (secondary N) is 2. The normalized spacial score (nSPS) is 15.9. The molecule has 3 heterocycles. The van der Waals surface area contributed by atoms with E-state index in [1.807, 2.05) is 4.90 Å². The molecule has 3 aromatic rings. The lowest BCUT2D eigenvalue weighted by Gasteiger charge is -2.35. The Labute approximate surface area is 174 Å². The molecule has 0 radical (unpaired) electrons. The molecule has 9 heteroatoms. The fourth-order valence-corrected chi connectivity index (χ4v) is 3.98. The number of carbonyl (C=O) groups excluding carboxylic acids is 1. The van der Waals surface area contributed by atoms with E-state index in [1.165, 1.54) is 6.07 Å². The summed E-state index contributed by atoms with van der Waals surface area (Å²) in [5.41, 5.74) is 8.75. The number of benzene rings is 1.